The quantitative estimate of drug-likeness (QED) is 0.643. The Hall–Kier alpha value is -1.63. The molecule has 1 aliphatic rings. The van der Waals surface area contributed by atoms with Gasteiger partial charge in [0.05, 0.1) is 11.4 Å². The van der Waals surface area contributed by atoms with Gasteiger partial charge in [-0.05, 0) is 24.6 Å². The van der Waals surface area contributed by atoms with Crippen molar-refractivity contribution in [2.45, 2.75) is 18.6 Å². The first-order valence-electron chi connectivity index (χ1n) is 5.39. The van der Waals surface area contributed by atoms with Gasteiger partial charge in [0.2, 0.25) is 5.91 Å². The largest absolute Gasteiger partial charge is 0.397 e. The SMILES string of the molecule is Cc1ccc(N)c(N2CC(S(=O)(=O)F)CC2=O)c1. The minimum atomic E-state index is -4.70. The van der Waals surface area contributed by atoms with Gasteiger partial charge in [-0.1, -0.05) is 6.07 Å². The van der Waals surface area contributed by atoms with E-state index in [0.29, 0.717) is 11.4 Å². The second-order valence-electron chi connectivity index (χ2n) is 4.37. The molecule has 0 aliphatic carbocycles. The first kappa shape index (κ1) is 12.8. The first-order valence-corrected chi connectivity index (χ1v) is 6.83. The van der Waals surface area contributed by atoms with Crippen molar-refractivity contribution < 1.29 is 17.1 Å². The van der Waals surface area contributed by atoms with Gasteiger partial charge in [-0.2, -0.15) is 8.42 Å². The van der Waals surface area contributed by atoms with Gasteiger partial charge in [0.25, 0.3) is 0 Å². The van der Waals surface area contributed by atoms with Crippen LogP contribution >= 0.6 is 0 Å². The van der Waals surface area contributed by atoms with Crippen molar-refractivity contribution in [2.75, 3.05) is 17.2 Å². The molecule has 1 fully saturated rings. The first-order chi connectivity index (χ1) is 8.29. The number of benzene rings is 1. The van der Waals surface area contributed by atoms with Gasteiger partial charge in [0.15, 0.2) is 0 Å². The summed E-state index contributed by atoms with van der Waals surface area (Å²) >= 11 is 0. The number of nitrogen functional groups attached to an aromatic ring is 1. The number of rotatable bonds is 2. The predicted molar refractivity (Wildman–Crippen MR) is 66.4 cm³/mol. The highest BCUT2D eigenvalue weighted by molar-refractivity contribution is 7.87. The molecular formula is C11H13FN2O3S. The van der Waals surface area contributed by atoms with Crippen LogP contribution in [0.25, 0.3) is 0 Å². The Morgan fingerprint density at radius 3 is 2.67 bits per heavy atom. The molecule has 0 radical (unpaired) electrons. The summed E-state index contributed by atoms with van der Waals surface area (Å²) in [5.41, 5.74) is 7.44. The Labute approximate surface area is 105 Å². The lowest BCUT2D eigenvalue weighted by Crippen LogP contribution is -2.27. The third-order valence-corrected chi connectivity index (χ3v) is 4.08. The number of carbonyl (C=O) groups excluding carboxylic acids is 1. The molecular weight excluding hydrogens is 259 g/mol. The smallest absolute Gasteiger partial charge is 0.307 e. The molecule has 0 bridgehead atoms. The van der Waals surface area contributed by atoms with Gasteiger partial charge in [-0.25, -0.2) is 0 Å². The van der Waals surface area contributed by atoms with Crippen LogP contribution in [0.1, 0.15) is 12.0 Å². The molecule has 0 spiro atoms. The molecule has 1 unspecified atom stereocenters. The zero-order valence-corrected chi connectivity index (χ0v) is 10.6. The average Bonchev–Trinajstić information content (AvgIpc) is 2.64. The fourth-order valence-electron chi connectivity index (χ4n) is 1.98. The van der Waals surface area contributed by atoms with Crippen LogP contribution in [0.15, 0.2) is 18.2 Å². The Morgan fingerprint density at radius 1 is 1.44 bits per heavy atom. The normalized spacial score (nSPS) is 20.4. The summed E-state index contributed by atoms with van der Waals surface area (Å²) in [5.74, 6) is -0.432. The average molecular weight is 272 g/mol. The zero-order chi connectivity index (χ0) is 13.5. The molecule has 1 aliphatic heterocycles. The molecule has 7 heteroatoms. The second-order valence-corrected chi connectivity index (χ2v) is 5.99. The Balaban J connectivity index is 2.35. The molecule has 1 heterocycles. The van der Waals surface area contributed by atoms with E-state index in [9.17, 15) is 17.1 Å². The molecule has 2 rings (SSSR count). The van der Waals surface area contributed by atoms with Crippen LogP contribution in [0, 0.1) is 6.92 Å². The maximum atomic E-state index is 12.9. The van der Waals surface area contributed by atoms with E-state index < -0.39 is 21.4 Å². The van der Waals surface area contributed by atoms with Crippen molar-refractivity contribution in [3.05, 3.63) is 23.8 Å². The van der Waals surface area contributed by atoms with Crippen LogP contribution in [0.2, 0.25) is 0 Å². The number of hydrogen-bond donors (Lipinski definition) is 1. The summed E-state index contributed by atoms with van der Waals surface area (Å²) in [4.78, 5) is 13.0. The van der Waals surface area contributed by atoms with Crippen molar-refractivity contribution in [2.24, 2.45) is 0 Å². The van der Waals surface area contributed by atoms with E-state index in [1.54, 1.807) is 18.2 Å². The van der Waals surface area contributed by atoms with E-state index >= 15 is 0 Å². The maximum Gasteiger partial charge on any atom is 0.307 e. The zero-order valence-electron chi connectivity index (χ0n) is 9.76. The number of hydrogen-bond acceptors (Lipinski definition) is 4. The van der Waals surface area contributed by atoms with Crippen LogP contribution in [0.5, 0.6) is 0 Å². The van der Waals surface area contributed by atoms with E-state index in [-0.39, 0.29) is 13.0 Å². The molecule has 1 aromatic rings. The van der Waals surface area contributed by atoms with E-state index in [2.05, 4.69) is 0 Å². The second kappa shape index (κ2) is 4.24. The highest BCUT2D eigenvalue weighted by atomic mass is 32.3. The summed E-state index contributed by atoms with van der Waals surface area (Å²) in [5, 5.41) is -1.30. The summed E-state index contributed by atoms with van der Waals surface area (Å²) < 4.78 is 34.6. The van der Waals surface area contributed by atoms with Crippen LogP contribution in [-0.4, -0.2) is 26.1 Å². The Morgan fingerprint density at radius 2 is 2.11 bits per heavy atom. The highest BCUT2D eigenvalue weighted by Crippen LogP contribution is 2.30. The maximum absolute atomic E-state index is 12.9. The van der Waals surface area contributed by atoms with Gasteiger partial charge in [-0.15, -0.1) is 3.89 Å². The molecule has 18 heavy (non-hydrogen) atoms. The summed E-state index contributed by atoms with van der Waals surface area (Å²) in [6.07, 6.45) is -0.341. The summed E-state index contributed by atoms with van der Waals surface area (Å²) in [7, 11) is -4.70. The molecule has 0 aromatic heterocycles. The van der Waals surface area contributed by atoms with Gasteiger partial charge in [0, 0.05) is 13.0 Å². The fourth-order valence-corrected chi connectivity index (χ4v) is 2.65. The van der Waals surface area contributed by atoms with Crippen LogP contribution in [0.4, 0.5) is 15.3 Å². The van der Waals surface area contributed by atoms with Gasteiger partial charge >= 0.3 is 10.2 Å². The minimum absolute atomic E-state index is 0.189. The Bertz CT molecular complexity index is 600. The van der Waals surface area contributed by atoms with Crippen LogP contribution in [0.3, 0.4) is 0 Å². The van der Waals surface area contributed by atoms with Crippen molar-refractivity contribution in [1.29, 1.82) is 0 Å². The summed E-state index contributed by atoms with van der Waals surface area (Å²) in [6, 6.07) is 5.10. The molecule has 1 atom stereocenters. The molecule has 0 saturated carbocycles. The van der Waals surface area contributed by atoms with Crippen molar-refractivity contribution in [3.63, 3.8) is 0 Å². The number of carbonyl (C=O) groups is 1. The number of nitrogens with zero attached hydrogens (tertiary/aromatic N) is 1. The van der Waals surface area contributed by atoms with Gasteiger partial charge in [0.1, 0.15) is 5.25 Å². The molecule has 5 nitrogen and oxygen atoms in total. The van der Waals surface area contributed by atoms with E-state index in [0.717, 1.165) is 5.56 Å². The molecule has 98 valence electrons. The van der Waals surface area contributed by atoms with Gasteiger partial charge in [-0.3, -0.25) is 4.79 Å². The van der Waals surface area contributed by atoms with Crippen molar-refractivity contribution in [1.82, 2.24) is 0 Å². The number of halogens is 1. The fraction of sp³-hybridized carbons (Fsp3) is 0.364. The molecule has 1 aromatic carbocycles. The van der Waals surface area contributed by atoms with Crippen LogP contribution in [-0.2, 0) is 15.0 Å². The van der Waals surface area contributed by atoms with Crippen molar-refractivity contribution >= 4 is 27.5 Å². The molecule has 1 amide bonds. The number of amides is 1. The van der Waals surface area contributed by atoms with E-state index in [4.69, 9.17) is 5.73 Å². The lowest BCUT2D eigenvalue weighted by molar-refractivity contribution is -0.117. The number of aryl methyl sites for hydroxylation is 1. The Kier molecular flexibility index (Phi) is 3.02. The van der Waals surface area contributed by atoms with Crippen LogP contribution < -0.4 is 10.6 Å². The highest BCUT2D eigenvalue weighted by Gasteiger charge is 2.39. The lowest BCUT2D eigenvalue weighted by atomic mass is 10.2. The lowest BCUT2D eigenvalue weighted by Gasteiger charge is -2.18. The minimum Gasteiger partial charge on any atom is -0.397 e. The third kappa shape index (κ3) is 2.31. The topological polar surface area (TPSA) is 80.5 Å². The summed E-state index contributed by atoms with van der Waals surface area (Å²) in [6.45, 7) is 1.64. The molecule has 2 N–H and O–H groups in total. The molecule has 1 saturated heterocycles. The monoisotopic (exact) mass is 272 g/mol. The van der Waals surface area contributed by atoms with Crippen molar-refractivity contribution in [3.8, 4) is 0 Å². The third-order valence-electron chi connectivity index (χ3n) is 2.96. The van der Waals surface area contributed by atoms with Gasteiger partial charge < -0.3 is 10.6 Å². The number of anilines is 2. The predicted octanol–water partition coefficient (Wildman–Crippen LogP) is 0.982. The van der Waals surface area contributed by atoms with E-state index in [1.165, 1.54) is 4.90 Å². The number of nitrogens with two attached hydrogens (primary N) is 1. The van der Waals surface area contributed by atoms with E-state index in [1.807, 2.05) is 6.92 Å². The standard InChI is InChI=1S/C11H13FN2O3S/c1-7-2-3-9(13)10(4-7)14-6-8(5-11(14)15)18(12,16)17/h2-4,8H,5-6,13H2,1H3.